The molecule has 1 N–H and O–H groups in total. The number of hydrogen-bond acceptors (Lipinski definition) is 5. The van der Waals surface area contributed by atoms with Crippen LogP contribution in [0.15, 0.2) is 60.2 Å². The number of nitrogens with zero attached hydrogens (tertiary/aromatic N) is 1. The van der Waals surface area contributed by atoms with Crippen LogP contribution in [0.2, 0.25) is 0 Å². The summed E-state index contributed by atoms with van der Waals surface area (Å²) < 4.78 is 73.2. The van der Waals surface area contributed by atoms with Crippen molar-refractivity contribution in [1.82, 2.24) is 5.32 Å². The maximum absolute atomic E-state index is 14.1. The Bertz CT molecular complexity index is 1150. The lowest BCUT2D eigenvalue weighted by molar-refractivity contribution is -0.138. The van der Waals surface area contributed by atoms with Crippen LogP contribution in [0.5, 0.6) is 0 Å². The number of para-hydroxylation sites is 1. The number of hydrogen-bond donors (Lipinski definition) is 1. The van der Waals surface area contributed by atoms with E-state index in [9.17, 15) is 31.2 Å². The summed E-state index contributed by atoms with van der Waals surface area (Å²) in [6.07, 6.45) is -3.92. The highest BCUT2D eigenvalue weighted by Crippen LogP contribution is 2.42. The number of fused-ring (bicyclic) bond motifs is 1. The molecule has 2 aromatic rings. The van der Waals surface area contributed by atoms with Crippen molar-refractivity contribution in [2.24, 2.45) is 0 Å². The summed E-state index contributed by atoms with van der Waals surface area (Å²) in [4.78, 5) is 23.8. The maximum Gasteiger partial charge on any atom is 0.445 e. The van der Waals surface area contributed by atoms with Gasteiger partial charge in [-0.2, -0.15) is 21.6 Å². The van der Waals surface area contributed by atoms with Gasteiger partial charge in [0.15, 0.2) is 6.04 Å². The number of halogens is 3. The van der Waals surface area contributed by atoms with E-state index in [4.69, 9.17) is 4.74 Å². The Morgan fingerprint density at radius 3 is 2.31 bits per heavy atom. The molecular weight excluding hydrogens is 449 g/mol. The average molecular weight is 468 g/mol. The molecule has 0 aromatic heterocycles. The zero-order chi connectivity index (χ0) is 23.5. The van der Waals surface area contributed by atoms with Crippen LogP contribution in [0.1, 0.15) is 18.1 Å². The minimum atomic E-state index is -5.25. The van der Waals surface area contributed by atoms with Gasteiger partial charge >= 0.3 is 21.5 Å². The fraction of sp³-hybridized carbons (Fsp3) is 0.238. The molecule has 0 aliphatic carbocycles. The van der Waals surface area contributed by atoms with E-state index in [2.05, 4.69) is 5.32 Å². The monoisotopic (exact) mass is 468 g/mol. The third-order valence-corrected chi connectivity index (χ3v) is 6.09. The number of alkyl halides is 3. The van der Waals surface area contributed by atoms with Gasteiger partial charge in [-0.25, -0.2) is 9.10 Å². The van der Waals surface area contributed by atoms with Gasteiger partial charge in [0.1, 0.15) is 6.61 Å². The van der Waals surface area contributed by atoms with Gasteiger partial charge in [0.25, 0.3) is 0 Å². The van der Waals surface area contributed by atoms with E-state index in [1.54, 1.807) is 30.3 Å². The third kappa shape index (κ3) is 4.93. The Hall–Kier alpha value is -3.34. The number of carbonyl (C=O) groups is 2. The molecule has 0 spiro atoms. The molecule has 1 aliphatic rings. The first-order valence-corrected chi connectivity index (χ1v) is 10.8. The maximum atomic E-state index is 14.1. The van der Waals surface area contributed by atoms with E-state index in [1.807, 2.05) is 0 Å². The molecule has 0 saturated heterocycles. The second kappa shape index (κ2) is 9.03. The van der Waals surface area contributed by atoms with Crippen LogP contribution in [0.25, 0.3) is 6.08 Å². The zero-order valence-corrected chi connectivity index (χ0v) is 17.6. The zero-order valence-electron chi connectivity index (χ0n) is 16.8. The van der Waals surface area contributed by atoms with Crippen molar-refractivity contribution in [2.75, 3.05) is 10.8 Å². The van der Waals surface area contributed by atoms with Gasteiger partial charge in [0.05, 0.1) is 5.69 Å². The second-order valence-electron chi connectivity index (χ2n) is 6.96. The highest BCUT2D eigenvalue weighted by Gasteiger charge is 2.54. The van der Waals surface area contributed by atoms with E-state index >= 15 is 0 Å². The number of benzene rings is 2. The molecule has 1 heterocycles. The molecule has 170 valence electrons. The van der Waals surface area contributed by atoms with E-state index in [1.165, 1.54) is 24.3 Å². The van der Waals surface area contributed by atoms with Gasteiger partial charge in [0.2, 0.25) is 5.91 Å². The van der Waals surface area contributed by atoms with Crippen molar-refractivity contribution in [1.29, 1.82) is 0 Å². The number of sulfonamides is 1. The van der Waals surface area contributed by atoms with Crippen LogP contribution >= 0.6 is 0 Å². The lowest BCUT2D eigenvalue weighted by Crippen LogP contribution is -2.54. The highest BCUT2D eigenvalue weighted by molar-refractivity contribution is 8.06. The van der Waals surface area contributed by atoms with E-state index in [0.29, 0.717) is 5.56 Å². The Labute approximate surface area is 182 Å². The van der Waals surface area contributed by atoms with Gasteiger partial charge in [-0.1, -0.05) is 48.5 Å². The summed E-state index contributed by atoms with van der Waals surface area (Å²) in [5.41, 5.74) is -0.148. The minimum Gasteiger partial charge on any atom is -0.448 e. The van der Waals surface area contributed by atoms with Crippen molar-refractivity contribution >= 4 is 33.0 Å². The van der Waals surface area contributed by atoms with Crippen molar-refractivity contribution in [3.8, 4) is 0 Å². The molecule has 1 amide bonds. The Morgan fingerprint density at radius 2 is 1.69 bits per heavy atom. The predicted octanol–water partition coefficient (Wildman–Crippen LogP) is 3.62. The molecule has 0 radical (unpaired) electrons. The Kier molecular flexibility index (Phi) is 6.58. The summed E-state index contributed by atoms with van der Waals surface area (Å²) in [7, 11) is -5.25. The molecule has 0 saturated carbocycles. The molecule has 1 atom stereocenters. The summed E-state index contributed by atoms with van der Waals surface area (Å²) in [5.74, 6) is -0.595. The molecule has 2 aromatic carbocycles. The Balaban J connectivity index is 2.03. The van der Waals surface area contributed by atoms with Crippen LogP contribution in [0, 0.1) is 0 Å². The second-order valence-corrected chi connectivity index (χ2v) is 8.63. The number of ether oxygens (including phenoxy) is 1. The van der Waals surface area contributed by atoms with Crippen molar-refractivity contribution < 1.29 is 35.9 Å². The molecule has 1 aliphatic heterocycles. The molecule has 0 bridgehead atoms. The summed E-state index contributed by atoms with van der Waals surface area (Å²) >= 11 is 0. The summed E-state index contributed by atoms with van der Waals surface area (Å²) in [5, 5.41) is 0.437. The summed E-state index contributed by atoms with van der Waals surface area (Å²) in [6.45, 7) is 0.133. The standard InChI is InChI=1S/C21H19F3N2O5S/c1-14(27)25-12-17-11-16-9-5-6-10-18(16)26(19(17)21(22,23)24)32(29,30)20(28)31-13-15-7-3-2-4-8-15/h2-11,19H,12-13H2,1H3,(H,25,27)/t19-/m0/s1. The molecule has 3 rings (SSSR count). The van der Waals surface area contributed by atoms with Crippen LogP contribution in [-0.4, -0.2) is 38.4 Å². The normalized spacial score (nSPS) is 16.1. The number of nitrogens with one attached hydrogen (secondary N) is 1. The lowest BCUT2D eigenvalue weighted by atomic mass is 9.97. The fourth-order valence-electron chi connectivity index (χ4n) is 3.24. The molecule has 0 unspecified atom stereocenters. The number of amides is 1. The molecule has 7 nitrogen and oxygen atoms in total. The molecular formula is C21H19F3N2O5S. The SMILES string of the molecule is CC(=O)NCC1=Cc2ccccc2N(S(=O)(=O)C(=O)OCc2ccccc2)[C@@H]1C(F)(F)F. The molecule has 0 fully saturated rings. The van der Waals surface area contributed by atoms with Crippen LogP contribution < -0.4 is 9.62 Å². The molecule has 11 heteroatoms. The fourth-order valence-corrected chi connectivity index (χ4v) is 4.56. The van der Waals surface area contributed by atoms with Gasteiger partial charge < -0.3 is 10.1 Å². The topological polar surface area (TPSA) is 92.8 Å². The van der Waals surface area contributed by atoms with E-state index < -0.39 is 52.2 Å². The number of rotatable bonds is 5. The largest absolute Gasteiger partial charge is 0.448 e. The van der Waals surface area contributed by atoms with Crippen LogP contribution in [0.4, 0.5) is 23.7 Å². The first-order chi connectivity index (χ1) is 15.0. The lowest BCUT2D eigenvalue weighted by Gasteiger charge is -2.38. The van der Waals surface area contributed by atoms with Crippen LogP contribution in [-0.2, 0) is 26.2 Å². The van der Waals surface area contributed by atoms with E-state index in [0.717, 1.165) is 13.0 Å². The first-order valence-electron chi connectivity index (χ1n) is 9.37. The van der Waals surface area contributed by atoms with Gasteiger partial charge in [0, 0.05) is 13.5 Å². The highest BCUT2D eigenvalue weighted by atomic mass is 32.2. The van der Waals surface area contributed by atoms with Gasteiger partial charge in [-0.3, -0.25) is 4.79 Å². The van der Waals surface area contributed by atoms with E-state index in [-0.39, 0.29) is 15.6 Å². The quantitative estimate of drug-likeness (QED) is 0.677. The van der Waals surface area contributed by atoms with Crippen molar-refractivity contribution in [3.05, 3.63) is 71.3 Å². The first kappa shape index (κ1) is 23.3. The minimum absolute atomic E-state index is 0.0206. The van der Waals surface area contributed by atoms with Gasteiger partial charge in [-0.05, 0) is 28.8 Å². The smallest absolute Gasteiger partial charge is 0.445 e. The number of carbonyl (C=O) groups excluding carboxylic acids is 2. The molecule has 32 heavy (non-hydrogen) atoms. The van der Waals surface area contributed by atoms with Crippen molar-refractivity contribution in [3.63, 3.8) is 0 Å². The number of anilines is 1. The van der Waals surface area contributed by atoms with Crippen molar-refractivity contribution in [2.45, 2.75) is 25.7 Å². The Morgan fingerprint density at radius 1 is 1.06 bits per heavy atom. The van der Waals surface area contributed by atoms with Crippen LogP contribution in [0.3, 0.4) is 0 Å². The average Bonchev–Trinajstić information content (AvgIpc) is 2.74. The third-order valence-electron chi connectivity index (χ3n) is 4.62. The predicted molar refractivity (Wildman–Crippen MR) is 111 cm³/mol. The van der Waals surface area contributed by atoms with Gasteiger partial charge in [-0.15, -0.1) is 0 Å². The summed E-state index contributed by atoms with van der Waals surface area (Å²) in [6, 6.07) is 10.9.